The average Bonchev–Trinajstić information content (AvgIpc) is 2.38. The average molecular weight is 293 g/mol. The minimum atomic E-state index is -1.73. The van der Waals surface area contributed by atoms with E-state index >= 15 is 0 Å². The maximum absolute atomic E-state index is 13.4. The number of ether oxygens (including phenoxy) is 1. The molecule has 2 aromatic carbocycles. The van der Waals surface area contributed by atoms with Crippen LogP contribution in [0.25, 0.3) is 0 Å². The van der Waals surface area contributed by atoms with Crippen LogP contribution in [0.15, 0.2) is 42.5 Å². The lowest BCUT2D eigenvalue weighted by molar-refractivity contribution is 0.0686. The summed E-state index contributed by atoms with van der Waals surface area (Å²) < 4.78 is 31.7. The Bertz CT molecular complexity index is 666. The second-order valence-corrected chi connectivity index (χ2v) is 3.95. The van der Waals surface area contributed by atoms with Gasteiger partial charge in [0.2, 0.25) is 0 Å². The number of halogens is 2. The molecule has 0 aliphatic rings. The molecule has 0 fully saturated rings. The molecule has 0 aliphatic carbocycles. The minimum absolute atomic E-state index is 0.248. The highest BCUT2D eigenvalue weighted by Crippen LogP contribution is 2.19. The molecular weight excluding hydrogens is 284 g/mol. The molecule has 0 heterocycles. The summed E-state index contributed by atoms with van der Waals surface area (Å²) in [5.41, 5.74) is -1.34. The zero-order valence-corrected chi connectivity index (χ0v) is 10.5. The Labute approximate surface area is 117 Å². The van der Waals surface area contributed by atoms with E-state index in [0.717, 1.165) is 0 Å². The van der Waals surface area contributed by atoms with E-state index in [1.165, 1.54) is 12.1 Å². The molecule has 0 atom stereocenters. The molecule has 0 aromatic heterocycles. The van der Waals surface area contributed by atoms with Crippen LogP contribution in [-0.2, 0) is 0 Å². The first kappa shape index (κ1) is 14.4. The Kier molecular flexibility index (Phi) is 4.13. The lowest BCUT2D eigenvalue weighted by Crippen LogP contribution is -2.17. The number of anilines is 1. The molecule has 0 aliphatic heterocycles. The van der Waals surface area contributed by atoms with Crippen molar-refractivity contribution < 1.29 is 28.2 Å². The van der Waals surface area contributed by atoms with Crippen LogP contribution in [0, 0.1) is 11.6 Å². The fourth-order valence-electron chi connectivity index (χ4n) is 1.59. The zero-order chi connectivity index (χ0) is 15.4. The summed E-state index contributed by atoms with van der Waals surface area (Å²) in [6.07, 6.45) is -0.955. The van der Waals surface area contributed by atoms with Crippen LogP contribution in [0.3, 0.4) is 0 Å². The molecule has 2 aromatic rings. The van der Waals surface area contributed by atoms with Gasteiger partial charge in [-0.05, 0) is 24.3 Å². The monoisotopic (exact) mass is 293 g/mol. The molecule has 0 saturated carbocycles. The highest BCUT2D eigenvalue weighted by atomic mass is 19.1. The van der Waals surface area contributed by atoms with Crippen LogP contribution in [0.2, 0.25) is 0 Å². The predicted octanol–water partition coefficient (Wildman–Crippen LogP) is 3.27. The molecule has 0 spiro atoms. The van der Waals surface area contributed by atoms with Gasteiger partial charge in [-0.1, -0.05) is 18.2 Å². The van der Waals surface area contributed by atoms with E-state index in [0.29, 0.717) is 12.1 Å². The van der Waals surface area contributed by atoms with E-state index < -0.39 is 29.3 Å². The smallest absolute Gasteiger partial charge is 0.417 e. The summed E-state index contributed by atoms with van der Waals surface area (Å²) >= 11 is 0. The molecule has 0 unspecified atom stereocenters. The number of carboxylic acids is 1. The maximum atomic E-state index is 13.4. The summed E-state index contributed by atoms with van der Waals surface area (Å²) in [5.74, 6) is -4.07. The number of hydrogen-bond donors (Lipinski definition) is 2. The van der Waals surface area contributed by atoms with Crippen LogP contribution >= 0.6 is 0 Å². The fourth-order valence-corrected chi connectivity index (χ4v) is 1.59. The Morgan fingerprint density at radius 2 is 1.62 bits per heavy atom. The number of amides is 1. The van der Waals surface area contributed by atoms with Crippen molar-refractivity contribution in [2.45, 2.75) is 0 Å². The molecule has 21 heavy (non-hydrogen) atoms. The molecule has 0 radical (unpaired) electrons. The summed E-state index contributed by atoms with van der Waals surface area (Å²) in [4.78, 5) is 22.2. The van der Waals surface area contributed by atoms with Gasteiger partial charge in [0.1, 0.15) is 22.9 Å². The van der Waals surface area contributed by atoms with Crippen LogP contribution in [-0.4, -0.2) is 17.2 Å². The number of carboxylic acid groups (broad SMARTS) is 1. The molecule has 7 heteroatoms. The first-order valence-corrected chi connectivity index (χ1v) is 5.73. The first-order chi connectivity index (χ1) is 9.97. The highest BCUT2D eigenvalue weighted by molar-refractivity contribution is 5.90. The summed E-state index contributed by atoms with van der Waals surface area (Å²) in [6, 6.07) is 9.44. The van der Waals surface area contributed by atoms with Gasteiger partial charge in [-0.25, -0.2) is 18.4 Å². The Morgan fingerprint density at radius 1 is 1.05 bits per heavy atom. The van der Waals surface area contributed by atoms with Gasteiger partial charge in [0, 0.05) is 5.69 Å². The third-order valence-electron chi connectivity index (χ3n) is 2.46. The van der Waals surface area contributed by atoms with Crippen molar-refractivity contribution in [2.75, 3.05) is 5.32 Å². The number of nitrogens with one attached hydrogen (secondary N) is 1. The maximum Gasteiger partial charge on any atom is 0.417 e. The van der Waals surface area contributed by atoms with Gasteiger partial charge in [-0.2, -0.15) is 0 Å². The number of hydrogen-bond acceptors (Lipinski definition) is 3. The topological polar surface area (TPSA) is 75.6 Å². The third kappa shape index (κ3) is 3.53. The van der Waals surface area contributed by atoms with E-state index in [4.69, 9.17) is 9.84 Å². The molecular formula is C14H9F2NO4. The van der Waals surface area contributed by atoms with Crippen molar-refractivity contribution in [1.29, 1.82) is 0 Å². The normalized spacial score (nSPS) is 10.0. The van der Waals surface area contributed by atoms with E-state index in [9.17, 15) is 18.4 Å². The number of benzene rings is 2. The predicted molar refractivity (Wildman–Crippen MR) is 69.4 cm³/mol. The van der Waals surface area contributed by atoms with Gasteiger partial charge in [0.15, 0.2) is 0 Å². The Balaban J connectivity index is 2.13. The van der Waals surface area contributed by atoms with Gasteiger partial charge in [0.05, 0.1) is 0 Å². The second kappa shape index (κ2) is 6.00. The fraction of sp³-hybridized carbons (Fsp3) is 0. The van der Waals surface area contributed by atoms with Gasteiger partial charge < -0.3 is 9.84 Å². The standard InChI is InChI=1S/C14H9F2NO4/c15-10-6-8(7-11(16)12(10)13(18)19)17-14(20)21-9-4-2-1-3-5-9/h1-7H,(H,17,20)(H,18,19). The molecule has 2 N–H and O–H groups in total. The summed E-state index contributed by atoms with van der Waals surface area (Å²) in [7, 11) is 0. The lowest BCUT2D eigenvalue weighted by atomic mass is 10.2. The van der Waals surface area contributed by atoms with Crippen molar-refractivity contribution in [2.24, 2.45) is 0 Å². The number of para-hydroxylation sites is 1. The second-order valence-electron chi connectivity index (χ2n) is 3.95. The van der Waals surface area contributed by atoms with E-state index in [1.54, 1.807) is 18.2 Å². The zero-order valence-electron chi connectivity index (χ0n) is 10.5. The van der Waals surface area contributed by atoms with Gasteiger partial charge in [-0.15, -0.1) is 0 Å². The van der Waals surface area contributed by atoms with Crippen molar-refractivity contribution in [3.05, 3.63) is 59.7 Å². The van der Waals surface area contributed by atoms with Gasteiger partial charge >= 0.3 is 12.1 Å². The van der Waals surface area contributed by atoms with Gasteiger partial charge in [-0.3, -0.25) is 5.32 Å². The molecule has 1 amide bonds. The van der Waals surface area contributed by atoms with Crippen molar-refractivity contribution in [3.63, 3.8) is 0 Å². The quantitative estimate of drug-likeness (QED) is 0.910. The van der Waals surface area contributed by atoms with Crippen LogP contribution in [0.4, 0.5) is 19.3 Å². The molecule has 108 valence electrons. The third-order valence-corrected chi connectivity index (χ3v) is 2.46. The van der Waals surface area contributed by atoms with E-state index in [2.05, 4.69) is 5.32 Å². The van der Waals surface area contributed by atoms with Crippen LogP contribution in [0.1, 0.15) is 10.4 Å². The summed E-state index contributed by atoms with van der Waals surface area (Å²) in [5, 5.41) is 10.7. The molecule has 5 nitrogen and oxygen atoms in total. The number of aromatic carboxylic acids is 1. The molecule has 0 bridgehead atoms. The first-order valence-electron chi connectivity index (χ1n) is 5.73. The van der Waals surface area contributed by atoms with Crippen molar-refractivity contribution >= 4 is 17.7 Å². The Hall–Kier alpha value is -2.96. The molecule has 2 rings (SSSR count). The number of carbonyl (C=O) groups is 2. The summed E-state index contributed by atoms with van der Waals surface area (Å²) in [6.45, 7) is 0. The van der Waals surface area contributed by atoms with Crippen molar-refractivity contribution in [1.82, 2.24) is 0 Å². The van der Waals surface area contributed by atoms with Crippen LogP contribution in [0.5, 0.6) is 5.75 Å². The number of carbonyl (C=O) groups excluding carboxylic acids is 1. The SMILES string of the molecule is O=C(Nc1cc(F)c(C(=O)O)c(F)c1)Oc1ccccc1. The van der Waals surface area contributed by atoms with E-state index in [1.807, 2.05) is 0 Å². The van der Waals surface area contributed by atoms with Crippen LogP contribution < -0.4 is 10.1 Å². The lowest BCUT2D eigenvalue weighted by Gasteiger charge is -2.08. The van der Waals surface area contributed by atoms with Crippen molar-refractivity contribution in [3.8, 4) is 5.75 Å². The molecule has 0 saturated heterocycles. The van der Waals surface area contributed by atoms with Gasteiger partial charge in [0.25, 0.3) is 0 Å². The van der Waals surface area contributed by atoms with E-state index in [-0.39, 0.29) is 11.4 Å². The Morgan fingerprint density at radius 3 is 2.14 bits per heavy atom. The highest BCUT2D eigenvalue weighted by Gasteiger charge is 2.18. The minimum Gasteiger partial charge on any atom is -0.477 e. The number of rotatable bonds is 3. The largest absolute Gasteiger partial charge is 0.477 e.